The molecule has 0 aliphatic heterocycles. The highest BCUT2D eigenvalue weighted by Gasteiger charge is 2.19. The van der Waals surface area contributed by atoms with Crippen LogP contribution in [0.5, 0.6) is 11.5 Å². The fraction of sp³-hybridized carbons (Fsp3) is 0.188. The maximum atomic E-state index is 12.4. The van der Waals surface area contributed by atoms with Crippen LogP contribution >= 0.6 is 0 Å². The largest absolute Gasteiger partial charge is 0.507 e. The molecule has 2 aromatic rings. The number of methoxy groups -OCH3 is 1. The van der Waals surface area contributed by atoms with Gasteiger partial charge in [-0.1, -0.05) is 12.1 Å². The minimum atomic E-state index is -3.88. The first-order valence-corrected chi connectivity index (χ1v) is 8.56. The van der Waals surface area contributed by atoms with Gasteiger partial charge in [-0.15, -0.1) is 0 Å². The number of hydrogen-bond acceptors (Lipinski definition) is 6. The van der Waals surface area contributed by atoms with Crippen molar-refractivity contribution in [1.29, 1.82) is 0 Å². The van der Waals surface area contributed by atoms with Gasteiger partial charge in [-0.2, -0.15) is 8.78 Å². The van der Waals surface area contributed by atoms with Gasteiger partial charge in [0.15, 0.2) is 9.84 Å². The normalized spacial score (nSPS) is 11.4. The number of hydrogen-bond donors (Lipinski definition) is 1. The number of phenols is 1. The third-order valence-corrected chi connectivity index (χ3v) is 4.90. The second kappa shape index (κ2) is 7.47. The summed E-state index contributed by atoms with van der Waals surface area (Å²) in [7, 11) is -2.73. The van der Waals surface area contributed by atoms with E-state index in [0.29, 0.717) is 0 Å². The molecule has 25 heavy (non-hydrogen) atoms. The summed E-state index contributed by atoms with van der Waals surface area (Å²) in [5, 5.41) is 9.80. The number of rotatable bonds is 6. The molecule has 0 spiro atoms. The van der Waals surface area contributed by atoms with E-state index in [1.165, 1.54) is 30.3 Å². The third kappa shape index (κ3) is 4.66. The number of esters is 1. The van der Waals surface area contributed by atoms with Crippen molar-refractivity contribution in [2.24, 2.45) is 0 Å². The van der Waals surface area contributed by atoms with E-state index in [2.05, 4.69) is 9.47 Å². The molecule has 2 rings (SSSR count). The molecule has 0 aliphatic rings. The predicted octanol–water partition coefficient (Wildman–Crippen LogP) is 2.75. The molecule has 2 aromatic carbocycles. The van der Waals surface area contributed by atoms with Crippen LogP contribution in [0.1, 0.15) is 15.9 Å². The third-order valence-electron chi connectivity index (χ3n) is 3.21. The van der Waals surface area contributed by atoms with Gasteiger partial charge >= 0.3 is 12.6 Å². The monoisotopic (exact) mass is 372 g/mol. The first kappa shape index (κ1) is 18.7. The molecular weight excluding hydrogens is 358 g/mol. The smallest absolute Gasteiger partial charge is 0.387 e. The number of carbonyl (C=O) groups excluding carboxylic acids is 1. The summed E-state index contributed by atoms with van der Waals surface area (Å²) < 4.78 is 58.0. The van der Waals surface area contributed by atoms with Crippen LogP contribution in [0.4, 0.5) is 8.78 Å². The first-order valence-electron chi connectivity index (χ1n) is 6.91. The molecule has 0 aromatic heterocycles. The van der Waals surface area contributed by atoms with E-state index in [1.54, 1.807) is 0 Å². The van der Waals surface area contributed by atoms with E-state index in [4.69, 9.17) is 0 Å². The number of sulfone groups is 1. The van der Waals surface area contributed by atoms with E-state index in [1.807, 2.05) is 0 Å². The summed E-state index contributed by atoms with van der Waals surface area (Å²) in [6.07, 6.45) is 0. The predicted molar refractivity (Wildman–Crippen MR) is 83.4 cm³/mol. The fourth-order valence-corrected chi connectivity index (χ4v) is 3.46. The molecule has 134 valence electrons. The van der Waals surface area contributed by atoms with Crippen LogP contribution in [0, 0.1) is 0 Å². The van der Waals surface area contributed by atoms with Gasteiger partial charge in [0, 0.05) is 0 Å². The van der Waals surface area contributed by atoms with Crippen LogP contribution in [0.2, 0.25) is 0 Å². The average Bonchev–Trinajstić information content (AvgIpc) is 2.53. The molecule has 9 heteroatoms. The lowest BCUT2D eigenvalue weighted by molar-refractivity contribution is -0.0500. The van der Waals surface area contributed by atoms with Gasteiger partial charge in [0.25, 0.3) is 0 Å². The van der Waals surface area contributed by atoms with Crippen molar-refractivity contribution >= 4 is 15.8 Å². The molecule has 0 heterocycles. The number of halogens is 2. The summed E-state index contributed by atoms with van der Waals surface area (Å²) >= 11 is 0. The molecule has 6 nitrogen and oxygen atoms in total. The van der Waals surface area contributed by atoms with Crippen molar-refractivity contribution in [1.82, 2.24) is 0 Å². The topological polar surface area (TPSA) is 89.9 Å². The van der Waals surface area contributed by atoms with Crippen LogP contribution < -0.4 is 4.74 Å². The summed E-state index contributed by atoms with van der Waals surface area (Å²) in [5.41, 5.74) is 0.112. The Balaban J connectivity index is 2.27. The van der Waals surface area contributed by atoms with E-state index in [-0.39, 0.29) is 21.8 Å². The van der Waals surface area contributed by atoms with E-state index in [0.717, 1.165) is 19.2 Å². The van der Waals surface area contributed by atoms with Crippen molar-refractivity contribution in [3.8, 4) is 11.5 Å². The fourth-order valence-electron chi connectivity index (χ4n) is 2.10. The van der Waals surface area contributed by atoms with Gasteiger partial charge in [-0.05, 0) is 35.9 Å². The second-order valence-electron chi connectivity index (χ2n) is 4.96. The molecule has 0 fully saturated rings. The first-order chi connectivity index (χ1) is 11.7. The van der Waals surface area contributed by atoms with Gasteiger partial charge in [0.05, 0.1) is 17.8 Å². The Morgan fingerprint density at radius 3 is 2.52 bits per heavy atom. The Hall–Kier alpha value is -2.68. The number of alkyl halides is 2. The lowest BCUT2D eigenvalue weighted by atomic mass is 10.1. The second-order valence-corrected chi connectivity index (χ2v) is 6.95. The van der Waals surface area contributed by atoms with Crippen molar-refractivity contribution in [2.75, 3.05) is 7.11 Å². The Kier molecular flexibility index (Phi) is 5.58. The lowest BCUT2D eigenvalue weighted by Gasteiger charge is -2.09. The van der Waals surface area contributed by atoms with Crippen LogP contribution in [-0.4, -0.2) is 33.2 Å². The quantitative estimate of drug-likeness (QED) is 0.785. The highest BCUT2D eigenvalue weighted by atomic mass is 32.2. The zero-order valence-corrected chi connectivity index (χ0v) is 13.8. The van der Waals surface area contributed by atoms with E-state index in [9.17, 15) is 27.1 Å². The minimum absolute atomic E-state index is 0.101. The number of ether oxygens (including phenoxy) is 2. The summed E-state index contributed by atoms with van der Waals surface area (Å²) in [5.74, 6) is -1.96. The average molecular weight is 372 g/mol. The molecule has 1 N–H and O–H groups in total. The van der Waals surface area contributed by atoms with Gasteiger partial charge < -0.3 is 14.6 Å². The maximum Gasteiger partial charge on any atom is 0.387 e. The molecule has 0 amide bonds. The summed E-state index contributed by atoms with van der Waals surface area (Å²) in [6.45, 7) is -3.07. The lowest BCUT2D eigenvalue weighted by Crippen LogP contribution is -2.07. The number of benzene rings is 2. The van der Waals surface area contributed by atoms with Gasteiger partial charge in [-0.3, -0.25) is 0 Å². The Bertz CT molecular complexity index is 880. The molecule has 0 bridgehead atoms. The Morgan fingerprint density at radius 2 is 1.92 bits per heavy atom. The summed E-state index contributed by atoms with van der Waals surface area (Å²) in [6, 6.07) is 8.44. The van der Waals surface area contributed by atoms with E-state index >= 15 is 0 Å². The van der Waals surface area contributed by atoms with Crippen molar-refractivity contribution in [3.05, 3.63) is 53.6 Å². The zero-order chi connectivity index (χ0) is 18.6. The van der Waals surface area contributed by atoms with Gasteiger partial charge in [0.1, 0.15) is 17.1 Å². The van der Waals surface area contributed by atoms with Gasteiger partial charge in [-0.25, -0.2) is 13.2 Å². The number of carbonyl (C=O) groups is 1. The Labute approximate surface area is 142 Å². The van der Waals surface area contributed by atoms with E-state index < -0.39 is 33.9 Å². The molecule has 0 aliphatic carbocycles. The molecule has 0 atom stereocenters. The SMILES string of the molecule is COC(=O)c1ccc(CS(=O)(=O)c2cccc(OC(F)F)c2)cc1O. The summed E-state index contributed by atoms with van der Waals surface area (Å²) in [4.78, 5) is 11.2. The maximum absolute atomic E-state index is 12.4. The van der Waals surface area contributed by atoms with Gasteiger partial charge in [0.2, 0.25) is 0 Å². The van der Waals surface area contributed by atoms with Crippen LogP contribution in [-0.2, 0) is 20.3 Å². The van der Waals surface area contributed by atoms with Crippen molar-refractivity contribution < 1.29 is 36.6 Å². The number of phenolic OH excluding ortho intramolecular Hbond substituents is 1. The van der Waals surface area contributed by atoms with Crippen LogP contribution in [0.15, 0.2) is 47.4 Å². The molecule has 0 radical (unpaired) electrons. The number of aromatic hydroxyl groups is 1. The highest BCUT2D eigenvalue weighted by molar-refractivity contribution is 7.90. The standard InChI is InChI=1S/C16H14F2O6S/c1-23-15(20)13-6-5-10(7-14(13)19)9-25(21,22)12-4-2-3-11(8-12)24-16(17)18/h2-8,16,19H,9H2,1H3. The Morgan fingerprint density at radius 1 is 1.20 bits per heavy atom. The molecule has 0 saturated heterocycles. The zero-order valence-electron chi connectivity index (χ0n) is 13.0. The van der Waals surface area contributed by atoms with Crippen LogP contribution in [0.3, 0.4) is 0 Å². The molecular formula is C16H14F2O6S. The van der Waals surface area contributed by atoms with Crippen molar-refractivity contribution in [3.63, 3.8) is 0 Å². The van der Waals surface area contributed by atoms with Crippen molar-refractivity contribution in [2.45, 2.75) is 17.3 Å². The molecule has 0 saturated carbocycles. The highest BCUT2D eigenvalue weighted by Crippen LogP contribution is 2.25. The minimum Gasteiger partial charge on any atom is -0.507 e. The van der Waals surface area contributed by atoms with Crippen LogP contribution in [0.25, 0.3) is 0 Å². The molecule has 0 unspecified atom stereocenters.